The molecule has 0 radical (unpaired) electrons. The number of ether oxygens (including phenoxy) is 1. The third kappa shape index (κ3) is 3.28. The Kier molecular flexibility index (Phi) is 4.39. The summed E-state index contributed by atoms with van der Waals surface area (Å²) in [5.74, 6) is -0.681. The lowest BCUT2D eigenvalue weighted by molar-refractivity contribution is -0.123. The molecule has 0 aromatic carbocycles. The second-order valence-electron chi connectivity index (χ2n) is 5.22. The van der Waals surface area contributed by atoms with Crippen molar-refractivity contribution in [1.82, 2.24) is 15.1 Å². The zero-order chi connectivity index (χ0) is 15.5. The smallest absolute Gasteiger partial charge is 0.387 e. The second kappa shape index (κ2) is 6.45. The van der Waals surface area contributed by atoms with Gasteiger partial charge in [-0.3, -0.25) is 4.79 Å². The van der Waals surface area contributed by atoms with Crippen LogP contribution >= 0.6 is 11.3 Å². The van der Waals surface area contributed by atoms with Crippen LogP contribution < -0.4 is 11.1 Å². The number of carbonyl (C=O) groups is 1. The van der Waals surface area contributed by atoms with Crippen LogP contribution in [0, 0.1) is 0 Å². The van der Waals surface area contributed by atoms with Gasteiger partial charge in [-0.05, 0) is 31.2 Å². The molecule has 3 rings (SSSR count). The summed E-state index contributed by atoms with van der Waals surface area (Å²) in [7, 11) is 0. The molecule has 3 heterocycles. The number of nitrogens with one attached hydrogen (secondary N) is 1. The van der Waals surface area contributed by atoms with E-state index in [0.29, 0.717) is 0 Å². The fourth-order valence-corrected chi connectivity index (χ4v) is 3.08. The van der Waals surface area contributed by atoms with Gasteiger partial charge in [0, 0.05) is 6.61 Å². The standard InChI is InChI=1S/C14H17N3O4S/c1-9(10-4-2-6-20-10)15-12(18)8-17-14(19)21-13(16-17)11-5-3-7-22-11/h3,5,7,9-10H,2,4,6,8H2,1H3,(H,15,18)/t9-,10+/m0/s1. The predicted octanol–water partition coefficient (Wildman–Crippen LogP) is 1.25. The number of aromatic nitrogens is 2. The minimum atomic E-state index is -0.636. The van der Waals surface area contributed by atoms with Crippen molar-refractivity contribution in [2.45, 2.75) is 38.5 Å². The Hall–Kier alpha value is -1.93. The predicted molar refractivity (Wildman–Crippen MR) is 80.7 cm³/mol. The van der Waals surface area contributed by atoms with Crippen LogP contribution in [0.2, 0.25) is 0 Å². The molecule has 1 N–H and O–H groups in total. The molecule has 1 fully saturated rings. The fourth-order valence-electron chi connectivity index (χ4n) is 2.43. The van der Waals surface area contributed by atoms with Gasteiger partial charge >= 0.3 is 5.76 Å². The van der Waals surface area contributed by atoms with Crippen LogP contribution in [0.4, 0.5) is 0 Å². The maximum Gasteiger partial charge on any atom is 0.437 e. The summed E-state index contributed by atoms with van der Waals surface area (Å²) < 4.78 is 11.6. The first-order valence-corrected chi connectivity index (χ1v) is 8.04. The highest BCUT2D eigenvalue weighted by Gasteiger charge is 2.24. The summed E-state index contributed by atoms with van der Waals surface area (Å²) >= 11 is 1.42. The molecule has 8 heteroatoms. The number of hydrogen-bond acceptors (Lipinski definition) is 6. The lowest BCUT2D eigenvalue weighted by atomic mass is 10.1. The van der Waals surface area contributed by atoms with Crippen LogP contribution in [0.5, 0.6) is 0 Å². The first-order chi connectivity index (χ1) is 10.6. The summed E-state index contributed by atoms with van der Waals surface area (Å²) in [6.07, 6.45) is 1.99. The van der Waals surface area contributed by atoms with Crippen LogP contribution in [0.1, 0.15) is 19.8 Å². The molecule has 2 atom stereocenters. The van der Waals surface area contributed by atoms with E-state index in [2.05, 4.69) is 10.4 Å². The van der Waals surface area contributed by atoms with E-state index in [-0.39, 0.29) is 30.5 Å². The lowest BCUT2D eigenvalue weighted by Gasteiger charge is -2.19. The molecule has 1 saturated heterocycles. The van der Waals surface area contributed by atoms with Crippen LogP contribution in [0.25, 0.3) is 10.8 Å². The van der Waals surface area contributed by atoms with Gasteiger partial charge in [-0.1, -0.05) is 6.07 Å². The van der Waals surface area contributed by atoms with E-state index in [1.54, 1.807) is 6.07 Å². The Morgan fingerprint density at radius 2 is 2.50 bits per heavy atom. The minimum absolute atomic E-state index is 0.0414. The molecule has 7 nitrogen and oxygen atoms in total. The molecule has 0 aliphatic carbocycles. The van der Waals surface area contributed by atoms with Gasteiger partial charge in [0.05, 0.1) is 17.0 Å². The SMILES string of the molecule is C[C@H](NC(=O)Cn1nc(-c2cccs2)oc1=O)[C@H]1CCCO1. The third-order valence-corrected chi connectivity index (χ3v) is 4.40. The summed E-state index contributed by atoms with van der Waals surface area (Å²) in [5.41, 5.74) is 0. The highest BCUT2D eigenvalue weighted by atomic mass is 32.1. The van der Waals surface area contributed by atoms with Gasteiger partial charge in [-0.2, -0.15) is 4.68 Å². The Labute approximate surface area is 130 Å². The van der Waals surface area contributed by atoms with Crippen molar-refractivity contribution in [3.8, 4) is 10.8 Å². The molecule has 22 heavy (non-hydrogen) atoms. The number of amides is 1. The van der Waals surface area contributed by atoms with Gasteiger partial charge in [0.2, 0.25) is 5.91 Å². The molecule has 2 aromatic heterocycles. The summed E-state index contributed by atoms with van der Waals surface area (Å²) in [5, 5.41) is 8.76. The third-order valence-electron chi connectivity index (χ3n) is 3.54. The van der Waals surface area contributed by atoms with Crippen LogP contribution in [0.15, 0.2) is 26.7 Å². The van der Waals surface area contributed by atoms with E-state index in [9.17, 15) is 9.59 Å². The van der Waals surface area contributed by atoms with Gasteiger partial charge in [-0.25, -0.2) is 4.79 Å². The van der Waals surface area contributed by atoms with Gasteiger partial charge in [0.25, 0.3) is 5.89 Å². The monoisotopic (exact) mass is 323 g/mol. The molecule has 118 valence electrons. The normalized spacial score (nSPS) is 19.2. The Balaban J connectivity index is 1.63. The minimum Gasteiger partial charge on any atom is -0.387 e. The molecule has 2 aromatic rings. The van der Waals surface area contributed by atoms with Gasteiger partial charge < -0.3 is 14.5 Å². The molecule has 1 aliphatic rings. The largest absolute Gasteiger partial charge is 0.437 e. The zero-order valence-electron chi connectivity index (χ0n) is 12.2. The van der Waals surface area contributed by atoms with E-state index in [1.807, 2.05) is 18.4 Å². The van der Waals surface area contributed by atoms with Crippen molar-refractivity contribution in [3.63, 3.8) is 0 Å². The van der Waals surface area contributed by atoms with E-state index >= 15 is 0 Å². The van der Waals surface area contributed by atoms with E-state index in [0.717, 1.165) is 29.0 Å². The fraction of sp³-hybridized carbons (Fsp3) is 0.500. The molecule has 0 bridgehead atoms. The number of nitrogens with zero attached hydrogens (tertiary/aromatic N) is 2. The van der Waals surface area contributed by atoms with E-state index in [4.69, 9.17) is 9.15 Å². The number of hydrogen-bond donors (Lipinski definition) is 1. The Morgan fingerprint density at radius 1 is 1.64 bits per heavy atom. The first-order valence-electron chi connectivity index (χ1n) is 7.16. The van der Waals surface area contributed by atoms with Gasteiger partial charge in [0.15, 0.2) is 0 Å². The van der Waals surface area contributed by atoms with Crippen molar-refractivity contribution in [2.24, 2.45) is 0 Å². The maximum absolute atomic E-state index is 12.0. The highest BCUT2D eigenvalue weighted by Crippen LogP contribution is 2.21. The number of rotatable bonds is 5. The quantitative estimate of drug-likeness (QED) is 0.895. The van der Waals surface area contributed by atoms with Crippen molar-refractivity contribution in [1.29, 1.82) is 0 Å². The van der Waals surface area contributed by atoms with Crippen molar-refractivity contribution >= 4 is 17.2 Å². The zero-order valence-corrected chi connectivity index (χ0v) is 13.0. The Bertz CT molecular complexity index is 685. The second-order valence-corrected chi connectivity index (χ2v) is 6.16. The molecular weight excluding hydrogens is 306 g/mol. The van der Waals surface area contributed by atoms with Crippen LogP contribution in [-0.4, -0.2) is 34.4 Å². The van der Waals surface area contributed by atoms with Gasteiger partial charge in [0.1, 0.15) is 6.54 Å². The molecule has 1 aliphatic heterocycles. The average Bonchev–Trinajstić information content (AvgIpc) is 3.19. The topological polar surface area (TPSA) is 86.4 Å². The van der Waals surface area contributed by atoms with Gasteiger partial charge in [-0.15, -0.1) is 16.4 Å². The highest BCUT2D eigenvalue weighted by molar-refractivity contribution is 7.13. The van der Waals surface area contributed by atoms with Crippen molar-refractivity contribution in [2.75, 3.05) is 6.61 Å². The average molecular weight is 323 g/mol. The van der Waals surface area contributed by atoms with E-state index in [1.165, 1.54) is 11.3 Å². The summed E-state index contributed by atoms with van der Waals surface area (Å²) in [6.45, 7) is 2.47. The van der Waals surface area contributed by atoms with Crippen LogP contribution in [0.3, 0.4) is 0 Å². The molecule has 0 spiro atoms. The van der Waals surface area contributed by atoms with Crippen molar-refractivity contribution < 1.29 is 13.9 Å². The maximum atomic E-state index is 12.0. The first kappa shape index (κ1) is 15.0. The summed E-state index contributed by atoms with van der Waals surface area (Å²) in [6, 6.07) is 3.56. The van der Waals surface area contributed by atoms with E-state index < -0.39 is 5.76 Å². The molecular formula is C14H17N3O4S. The molecule has 1 amide bonds. The number of carbonyl (C=O) groups excluding carboxylic acids is 1. The lowest BCUT2D eigenvalue weighted by Crippen LogP contribution is -2.43. The summed E-state index contributed by atoms with van der Waals surface area (Å²) in [4.78, 5) is 24.5. The number of thiophene rings is 1. The molecule has 0 saturated carbocycles. The Morgan fingerprint density at radius 3 is 3.18 bits per heavy atom. The molecule has 0 unspecified atom stereocenters. The van der Waals surface area contributed by atoms with Crippen LogP contribution in [-0.2, 0) is 16.1 Å². The van der Waals surface area contributed by atoms with Crippen molar-refractivity contribution in [3.05, 3.63) is 28.1 Å².